The van der Waals surface area contributed by atoms with Crippen LogP contribution in [0, 0.1) is 0 Å². The van der Waals surface area contributed by atoms with Gasteiger partial charge >= 0.3 is 0 Å². The minimum atomic E-state index is -0.582. The molecule has 13 heteroatoms. The van der Waals surface area contributed by atoms with E-state index in [1.807, 2.05) is 42.6 Å². The van der Waals surface area contributed by atoms with Crippen molar-refractivity contribution in [3.63, 3.8) is 0 Å². The van der Waals surface area contributed by atoms with Gasteiger partial charge in [-0.25, -0.2) is 4.98 Å². The molecule has 4 aromatic carbocycles. The maximum atomic E-state index is 13.8. The molecule has 268 valence electrons. The van der Waals surface area contributed by atoms with Gasteiger partial charge in [0.2, 0.25) is 5.91 Å². The van der Waals surface area contributed by atoms with Crippen molar-refractivity contribution in [3.8, 4) is 34.3 Å². The predicted octanol–water partition coefficient (Wildman–Crippen LogP) is 7.76. The quantitative estimate of drug-likeness (QED) is 0.0727. The minimum absolute atomic E-state index is 0.0433. The van der Waals surface area contributed by atoms with Crippen LogP contribution in [-0.4, -0.2) is 55.9 Å². The van der Waals surface area contributed by atoms with Crippen LogP contribution < -0.4 is 34.9 Å². The number of thioether (sulfide) groups is 1. The van der Waals surface area contributed by atoms with Crippen LogP contribution in [0.15, 0.2) is 107 Å². The van der Waals surface area contributed by atoms with E-state index in [4.69, 9.17) is 18.9 Å². The van der Waals surface area contributed by atoms with Crippen molar-refractivity contribution >= 4 is 57.7 Å². The summed E-state index contributed by atoms with van der Waals surface area (Å²) in [6.07, 6.45) is 1.50. The number of carbonyl (C=O) groups is 3. The number of thiazole rings is 1. The molecule has 3 amide bonds. The molecule has 3 N–H and O–H groups in total. The Morgan fingerprint density at radius 1 is 0.846 bits per heavy atom. The van der Waals surface area contributed by atoms with Crippen LogP contribution in [0.3, 0.4) is 0 Å². The highest BCUT2D eigenvalue weighted by Crippen LogP contribution is 2.36. The molecule has 5 rings (SSSR count). The summed E-state index contributed by atoms with van der Waals surface area (Å²) >= 11 is 2.67. The van der Waals surface area contributed by atoms with E-state index in [1.54, 1.807) is 67.6 Å². The number of methoxy groups -OCH3 is 3. The molecule has 0 aliphatic carbocycles. The summed E-state index contributed by atoms with van der Waals surface area (Å²) in [6, 6.07) is 26.6. The molecule has 0 aliphatic heterocycles. The number of anilines is 2. The third kappa shape index (κ3) is 9.71. The topological polar surface area (TPSA) is 137 Å². The lowest BCUT2D eigenvalue weighted by Gasteiger charge is -2.15. The number of hydrogen-bond acceptors (Lipinski definition) is 10. The van der Waals surface area contributed by atoms with Crippen LogP contribution in [0.25, 0.3) is 17.3 Å². The minimum Gasteiger partial charge on any atom is -0.496 e. The lowest BCUT2D eigenvalue weighted by atomic mass is 10.1. The SMILES string of the molecule is CCOc1ccc(-c2csc(NC(=O)C(C)Sc3cccc(NC(=O)/C(=C\c4cc(OC)c(OC)cc4OC)NC(=O)c4ccccc4)c3)n2)cc1. The molecule has 1 heterocycles. The third-order valence-electron chi connectivity index (χ3n) is 7.53. The van der Waals surface area contributed by atoms with E-state index in [2.05, 4.69) is 20.9 Å². The molecule has 1 unspecified atom stereocenters. The van der Waals surface area contributed by atoms with E-state index >= 15 is 0 Å². The van der Waals surface area contributed by atoms with E-state index in [0.29, 0.717) is 45.8 Å². The van der Waals surface area contributed by atoms with Crippen LogP contribution in [-0.2, 0) is 9.59 Å². The number of rotatable bonds is 15. The second-order valence-electron chi connectivity index (χ2n) is 11.1. The molecule has 0 spiro atoms. The van der Waals surface area contributed by atoms with E-state index in [1.165, 1.54) is 50.5 Å². The van der Waals surface area contributed by atoms with Gasteiger partial charge in [-0.15, -0.1) is 23.1 Å². The number of aromatic nitrogens is 1. The highest BCUT2D eigenvalue weighted by atomic mass is 32.2. The predicted molar refractivity (Wildman–Crippen MR) is 206 cm³/mol. The second-order valence-corrected chi connectivity index (χ2v) is 13.3. The van der Waals surface area contributed by atoms with Gasteiger partial charge in [-0.2, -0.15) is 0 Å². The molecule has 0 fully saturated rings. The Balaban J connectivity index is 1.30. The highest BCUT2D eigenvalue weighted by molar-refractivity contribution is 8.00. The van der Waals surface area contributed by atoms with Gasteiger partial charge in [0.05, 0.1) is 38.9 Å². The molecule has 5 aromatic rings. The van der Waals surface area contributed by atoms with E-state index in [-0.39, 0.29) is 11.6 Å². The number of carbonyl (C=O) groups excluding carboxylic acids is 3. The molecule has 0 saturated heterocycles. The van der Waals surface area contributed by atoms with Crippen LogP contribution in [0.1, 0.15) is 29.8 Å². The van der Waals surface area contributed by atoms with Crippen LogP contribution in [0.2, 0.25) is 0 Å². The molecule has 11 nitrogen and oxygen atoms in total. The Morgan fingerprint density at radius 3 is 2.25 bits per heavy atom. The van der Waals surface area contributed by atoms with Crippen molar-refractivity contribution in [2.75, 3.05) is 38.6 Å². The molecule has 0 radical (unpaired) electrons. The molecular formula is C39H38N4O7S2. The van der Waals surface area contributed by atoms with E-state index in [0.717, 1.165) is 21.9 Å². The summed E-state index contributed by atoms with van der Waals surface area (Å²) in [5.74, 6) is 0.755. The van der Waals surface area contributed by atoms with Crippen LogP contribution in [0.4, 0.5) is 10.8 Å². The maximum Gasteiger partial charge on any atom is 0.272 e. The van der Waals surface area contributed by atoms with Gasteiger partial charge in [-0.1, -0.05) is 24.3 Å². The Bertz CT molecular complexity index is 2050. The van der Waals surface area contributed by atoms with Gasteiger partial charge in [0.25, 0.3) is 11.8 Å². The van der Waals surface area contributed by atoms with E-state index in [9.17, 15) is 14.4 Å². The molecule has 0 bridgehead atoms. The fraction of sp³-hybridized carbons (Fsp3) is 0.179. The summed E-state index contributed by atoms with van der Waals surface area (Å²) in [5.41, 5.74) is 2.93. The average molecular weight is 739 g/mol. The van der Waals surface area contributed by atoms with Crippen molar-refractivity contribution in [1.82, 2.24) is 10.3 Å². The molecule has 1 aromatic heterocycles. The first-order valence-corrected chi connectivity index (χ1v) is 17.9. The van der Waals surface area contributed by atoms with Gasteiger partial charge in [0.1, 0.15) is 17.2 Å². The highest BCUT2D eigenvalue weighted by Gasteiger charge is 2.20. The number of amides is 3. The number of ether oxygens (including phenoxy) is 4. The average Bonchev–Trinajstić information content (AvgIpc) is 3.63. The molecule has 0 aliphatic rings. The van der Waals surface area contributed by atoms with Gasteiger partial charge in [-0.3, -0.25) is 14.4 Å². The third-order valence-corrected chi connectivity index (χ3v) is 9.39. The van der Waals surface area contributed by atoms with Crippen LogP contribution >= 0.6 is 23.1 Å². The Kier molecular flexibility index (Phi) is 12.9. The maximum absolute atomic E-state index is 13.8. The largest absolute Gasteiger partial charge is 0.496 e. The fourth-order valence-electron chi connectivity index (χ4n) is 4.93. The lowest BCUT2D eigenvalue weighted by molar-refractivity contribution is -0.115. The first-order chi connectivity index (χ1) is 25.2. The van der Waals surface area contributed by atoms with Crippen LogP contribution in [0.5, 0.6) is 23.0 Å². The summed E-state index contributed by atoms with van der Waals surface area (Å²) in [5, 5.41) is 10.4. The van der Waals surface area contributed by atoms with Gasteiger partial charge in [0.15, 0.2) is 16.6 Å². The van der Waals surface area contributed by atoms with Crippen molar-refractivity contribution in [3.05, 3.63) is 113 Å². The summed E-state index contributed by atoms with van der Waals surface area (Å²) in [7, 11) is 4.49. The fourth-order valence-corrected chi connectivity index (χ4v) is 6.58. The smallest absolute Gasteiger partial charge is 0.272 e. The summed E-state index contributed by atoms with van der Waals surface area (Å²) in [6.45, 7) is 4.32. The first kappa shape index (κ1) is 37.5. The molecule has 0 saturated carbocycles. The number of benzene rings is 4. The zero-order valence-corrected chi connectivity index (χ0v) is 30.9. The zero-order valence-electron chi connectivity index (χ0n) is 29.2. The normalized spacial score (nSPS) is 11.6. The number of nitrogens with zero attached hydrogens (tertiary/aromatic N) is 1. The monoisotopic (exact) mass is 738 g/mol. The molecule has 1 atom stereocenters. The Hall–Kier alpha value is -5.79. The van der Waals surface area contributed by atoms with Crippen molar-refractivity contribution < 1.29 is 33.3 Å². The number of nitrogens with one attached hydrogen (secondary N) is 3. The van der Waals surface area contributed by atoms with Gasteiger partial charge in [-0.05, 0) is 80.6 Å². The van der Waals surface area contributed by atoms with Crippen molar-refractivity contribution in [1.29, 1.82) is 0 Å². The van der Waals surface area contributed by atoms with Gasteiger partial charge in [0, 0.05) is 38.7 Å². The zero-order chi connectivity index (χ0) is 37.0. The standard InChI is InChI=1S/C39H38N4O7S2/c1-6-50-29-17-15-25(16-18-29)32-23-51-39(42-32)43-36(44)24(2)52-30-14-10-13-28(21-30)40-38(46)31(41-37(45)26-11-8-7-9-12-26)19-27-20-34(48-4)35(49-5)22-33(27)47-3/h7-24H,6H2,1-5H3,(H,40,46)(H,41,45)(H,42,43,44)/b31-19+. The van der Waals surface area contributed by atoms with Gasteiger partial charge < -0.3 is 34.9 Å². The Morgan fingerprint density at radius 2 is 1.56 bits per heavy atom. The second kappa shape index (κ2) is 17.9. The lowest BCUT2D eigenvalue weighted by Crippen LogP contribution is -2.30. The van der Waals surface area contributed by atoms with E-state index < -0.39 is 17.1 Å². The van der Waals surface area contributed by atoms with Crippen molar-refractivity contribution in [2.24, 2.45) is 0 Å². The van der Waals surface area contributed by atoms with Crippen molar-refractivity contribution in [2.45, 2.75) is 24.0 Å². The summed E-state index contributed by atoms with van der Waals surface area (Å²) in [4.78, 5) is 45.4. The number of hydrogen-bond donors (Lipinski definition) is 3. The summed E-state index contributed by atoms with van der Waals surface area (Å²) < 4.78 is 21.9. The Labute approximate surface area is 310 Å². The first-order valence-electron chi connectivity index (χ1n) is 16.2. The molecular weight excluding hydrogens is 701 g/mol. The molecule has 52 heavy (non-hydrogen) atoms.